The molecule has 16 heavy (non-hydrogen) atoms. The molecule has 1 N–H and O–H groups in total. The summed E-state index contributed by atoms with van der Waals surface area (Å²) in [4.78, 5) is 0. The number of nitrogens with zero attached hydrogens (tertiary/aromatic N) is 1. The summed E-state index contributed by atoms with van der Waals surface area (Å²) in [6, 6.07) is 12.1. The zero-order valence-corrected chi connectivity index (χ0v) is 9.76. The first-order valence-electron chi connectivity index (χ1n) is 4.63. The van der Waals surface area contributed by atoms with Crippen LogP contribution in [0.3, 0.4) is 0 Å². The van der Waals surface area contributed by atoms with Gasteiger partial charge < -0.3 is 11.1 Å². The molecule has 0 atom stereocenters. The number of halogens is 2. The van der Waals surface area contributed by atoms with Crippen molar-refractivity contribution in [2.75, 3.05) is 0 Å². The van der Waals surface area contributed by atoms with Gasteiger partial charge in [-0.2, -0.15) is 11.4 Å². The average Bonchev–Trinajstić information content (AvgIpc) is 2.27. The standard InChI is InChI=1S/C12H8Cl2N2/c13-8-1-4-10(5-2-8)16-12-7-9(14)3-6-11(12)15/h1-7,15H/q-2. The maximum Gasteiger partial charge on any atom is 0.0405 e. The Hall–Kier alpha value is -1.38. The normalized spacial score (nSPS) is 10.1. The maximum atomic E-state index is 7.68. The van der Waals surface area contributed by atoms with Crippen LogP contribution in [0.4, 0.5) is 17.1 Å². The Morgan fingerprint density at radius 1 is 0.875 bits per heavy atom. The van der Waals surface area contributed by atoms with Crippen molar-refractivity contribution in [2.24, 2.45) is 0 Å². The second-order valence-electron chi connectivity index (χ2n) is 3.25. The first-order valence-corrected chi connectivity index (χ1v) is 5.39. The van der Waals surface area contributed by atoms with Gasteiger partial charge in [0.15, 0.2) is 0 Å². The van der Waals surface area contributed by atoms with E-state index in [0.717, 1.165) is 5.69 Å². The van der Waals surface area contributed by atoms with Crippen LogP contribution in [0.25, 0.3) is 11.1 Å². The van der Waals surface area contributed by atoms with Crippen molar-refractivity contribution < 1.29 is 0 Å². The fourth-order valence-corrected chi connectivity index (χ4v) is 1.54. The Morgan fingerprint density at radius 2 is 1.50 bits per heavy atom. The first-order chi connectivity index (χ1) is 7.65. The molecule has 0 heterocycles. The highest BCUT2D eigenvalue weighted by Gasteiger charge is 1.88. The molecular weight excluding hydrogens is 243 g/mol. The minimum absolute atomic E-state index is 0.347. The number of hydrogen-bond donors (Lipinski definition) is 0. The topological polar surface area (TPSA) is 37.9 Å². The summed E-state index contributed by atoms with van der Waals surface area (Å²) >= 11 is 11.6. The van der Waals surface area contributed by atoms with E-state index in [9.17, 15) is 0 Å². The van der Waals surface area contributed by atoms with E-state index in [2.05, 4.69) is 5.32 Å². The minimum atomic E-state index is 0.347. The van der Waals surface area contributed by atoms with Crippen molar-refractivity contribution in [3.63, 3.8) is 0 Å². The molecule has 0 bridgehead atoms. The van der Waals surface area contributed by atoms with Gasteiger partial charge in [-0.1, -0.05) is 47.5 Å². The monoisotopic (exact) mass is 250 g/mol. The van der Waals surface area contributed by atoms with E-state index in [-0.39, 0.29) is 0 Å². The van der Waals surface area contributed by atoms with Crippen LogP contribution in [0.2, 0.25) is 10.0 Å². The van der Waals surface area contributed by atoms with Gasteiger partial charge in [-0.25, -0.2) is 0 Å². The number of nitrogens with one attached hydrogen (secondary N) is 1. The van der Waals surface area contributed by atoms with Gasteiger partial charge in [-0.3, -0.25) is 0 Å². The molecule has 0 aromatic heterocycles. The Balaban J connectivity index is 2.26. The lowest BCUT2D eigenvalue weighted by molar-refractivity contribution is 1.63. The van der Waals surface area contributed by atoms with Crippen LogP contribution in [0.15, 0.2) is 42.5 Å². The fourth-order valence-electron chi connectivity index (χ4n) is 1.25. The zero-order chi connectivity index (χ0) is 11.5. The minimum Gasteiger partial charge on any atom is -0.700 e. The van der Waals surface area contributed by atoms with E-state index < -0.39 is 0 Å². The molecule has 0 aliphatic rings. The summed E-state index contributed by atoms with van der Waals surface area (Å²) in [6.45, 7) is 0. The average molecular weight is 251 g/mol. The second-order valence-corrected chi connectivity index (χ2v) is 4.12. The van der Waals surface area contributed by atoms with Gasteiger partial charge >= 0.3 is 0 Å². The van der Waals surface area contributed by atoms with Gasteiger partial charge in [0.25, 0.3) is 0 Å². The number of benzene rings is 2. The van der Waals surface area contributed by atoms with Crippen LogP contribution in [0.5, 0.6) is 0 Å². The molecule has 0 radical (unpaired) electrons. The van der Waals surface area contributed by atoms with Gasteiger partial charge in [-0.15, -0.1) is 5.69 Å². The van der Waals surface area contributed by atoms with E-state index in [1.807, 2.05) is 0 Å². The Bertz CT molecular complexity index is 495. The van der Waals surface area contributed by atoms with Crippen LogP contribution >= 0.6 is 23.2 Å². The molecule has 2 aromatic rings. The molecule has 2 aromatic carbocycles. The second kappa shape index (κ2) is 4.64. The summed E-state index contributed by atoms with van der Waals surface area (Å²) in [5, 5.41) is 5.55. The molecule has 2 nitrogen and oxygen atoms in total. The van der Waals surface area contributed by atoms with Gasteiger partial charge in [0.2, 0.25) is 0 Å². The molecule has 0 fully saturated rings. The third kappa shape index (κ3) is 2.60. The highest BCUT2D eigenvalue weighted by atomic mass is 35.5. The molecule has 2 rings (SSSR count). The van der Waals surface area contributed by atoms with Crippen LogP contribution in [0, 0.1) is 0 Å². The summed E-state index contributed by atoms with van der Waals surface area (Å²) in [5.74, 6) is 0. The smallest absolute Gasteiger partial charge is 0.0405 e. The summed E-state index contributed by atoms with van der Waals surface area (Å²) in [5.41, 5.74) is 9.33. The summed E-state index contributed by atoms with van der Waals surface area (Å²) < 4.78 is 0. The fraction of sp³-hybridized carbons (Fsp3) is 0. The highest BCUT2D eigenvalue weighted by molar-refractivity contribution is 6.31. The number of rotatable bonds is 2. The Labute approximate surface area is 104 Å². The van der Waals surface area contributed by atoms with Crippen molar-refractivity contribution in [1.82, 2.24) is 0 Å². The van der Waals surface area contributed by atoms with Crippen molar-refractivity contribution in [2.45, 2.75) is 0 Å². The third-order valence-electron chi connectivity index (χ3n) is 2.04. The van der Waals surface area contributed by atoms with E-state index in [4.69, 9.17) is 28.9 Å². The van der Waals surface area contributed by atoms with Crippen LogP contribution in [-0.4, -0.2) is 0 Å². The predicted octanol–water partition coefficient (Wildman–Crippen LogP) is 6.01. The van der Waals surface area contributed by atoms with Gasteiger partial charge in [0.1, 0.15) is 0 Å². The lowest BCUT2D eigenvalue weighted by atomic mass is 10.2. The van der Waals surface area contributed by atoms with Crippen molar-refractivity contribution in [3.05, 3.63) is 63.6 Å². The predicted molar refractivity (Wildman–Crippen MR) is 69.6 cm³/mol. The highest BCUT2D eigenvalue weighted by Crippen LogP contribution is 2.39. The SMILES string of the molecule is [NH-]c1ccc(Cl)cc1[N-]c1ccc(Cl)cc1. The molecule has 0 saturated carbocycles. The summed E-state index contributed by atoms with van der Waals surface area (Å²) in [6.07, 6.45) is 0. The van der Waals surface area contributed by atoms with Gasteiger partial charge in [0, 0.05) is 10.0 Å². The molecule has 0 aliphatic carbocycles. The van der Waals surface area contributed by atoms with Crippen molar-refractivity contribution in [3.8, 4) is 0 Å². The van der Waals surface area contributed by atoms with Crippen molar-refractivity contribution in [1.29, 1.82) is 0 Å². The largest absolute Gasteiger partial charge is 0.700 e. The van der Waals surface area contributed by atoms with E-state index in [0.29, 0.717) is 21.4 Å². The van der Waals surface area contributed by atoms with E-state index >= 15 is 0 Å². The first kappa shape index (κ1) is 11.1. The molecular formula is C12H8Cl2N2-2. The maximum absolute atomic E-state index is 7.68. The van der Waals surface area contributed by atoms with Gasteiger partial charge in [0.05, 0.1) is 0 Å². The lowest BCUT2D eigenvalue weighted by Crippen LogP contribution is -1.71. The Kier molecular flexibility index (Phi) is 3.22. The molecule has 82 valence electrons. The molecule has 0 aliphatic heterocycles. The van der Waals surface area contributed by atoms with Crippen LogP contribution in [-0.2, 0) is 0 Å². The lowest BCUT2D eigenvalue weighted by Gasteiger charge is -2.28. The molecule has 0 spiro atoms. The van der Waals surface area contributed by atoms with Crippen LogP contribution in [0.1, 0.15) is 0 Å². The van der Waals surface area contributed by atoms with E-state index in [1.54, 1.807) is 42.5 Å². The zero-order valence-electron chi connectivity index (χ0n) is 8.24. The molecule has 0 saturated heterocycles. The molecule has 0 unspecified atom stereocenters. The molecule has 4 heteroatoms. The number of hydrogen-bond acceptors (Lipinski definition) is 0. The molecule has 0 amide bonds. The van der Waals surface area contributed by atoms with E-state index in [1.165, 1.54) is 0 Å². The van der Waals surface area contributed by atoms with Crippen molar-refractivity contribution >= 4 is 40.3 Å². The van der Waals surface area contributed by atoms with Crippen LogP contribution < -0.4 is 0 Å². The summed E-state index contributed by atoms with van der Waals surface area (Å²) in [7, 11) is 0. The Morgan fingerprint density at radius 3 is 2.19 bits per heavy atom. The quantitative estimate of drug-likeness (QED) is 0.626. The van der Waals surface area contributed by atoms with Gasteiger partial charge in [-0.05, 0) is 18.2 Å². The third-order valence-corrected chi connectivity index (χ3v) is 2.52.